The first-order valence-corrected chi connectivity index (χ1v) is 8.75. The van der Waals surface area contributed by atoms with Gasteiger partial charge in [-0.25, -0.2) is 5.06 Å². The van der Waals surface area contributed by atoms with Crippen LogP contribution in [0, 0.1) is 9.95 Å². The molecule has 0 saturated carbocycles. The van der Waals surface area contributed by atoms with E-state index >= 15 is 0 Å². The van der Waals surface area contributed by atoms with Gasteiger partial charge in [-0.1, -0.05) is 29.9 Å². The minimum Gasteiger partial charge on any atom is -0.299 e. The second-order valence-corrected chi connectivity index (χ2v) is 6.77. The number of hydrogen-bond acceptors (Lipinski definition) is 4. The maximum Gasteiger partial charge on any atom is 0.297 e. The summed E-state index contributed by atoms with van der Waals surface area (Å²) in [5.41, 5.74) is 3.21. The standard InChI is InChI=1S/C10H19NO2.C8H14O.C3H6NO/c1-8(2)9(3)6-7-11(13-5)10(4)12;1-6(2)8(4,5)7(3)9;1-3-4-5-2/h6-7H2,1-5H3;1H2,2-5H3;3H,1H2,2H3/q;;+1. The molecule has 27 heavy (non-hydrogen) atoms. The van der Waals surface area contributed by atoms with Crippen LogP contribution >= 0.6 is 0 Å². The first kappa shape index (κ1) is 29.7. The summed E-state index contributed by atoms with van der Waals surface area (Å²) in [5.74, 6) is 0.124. The van der Waals surface area contributed by atoms with Gasteiger partial charge in [0.1, 0.15) is 17.2 Å². The number of nitrogens with zero attached hydrogens (tertiary/aromatic N) is 2. The molecule has 0 bridgehead atoms. The number of nitroso groups, excluding NO2 is 1. The Labute approximate surface area is 165 Å². The van der Waals surface area contributed by atoms with Crippen molar-refractivity contribution >= 4 is 11.7 Å². The van der Waals surface area contributed by atoms with Crippen LogP contribution in [0.1, 0.15) is 61.8 Å². The Morgan fingerprint density at radius 1 is 1.15 bits per heavy atom. The molecule has 0 aromatic rings. The van der Waals surface area contributed by atoms with Crippen LogP contribution in [0.2, 0.25) is 0 Å². The van der Waals surface area contributed by atoms with Crippen molar-refractivity contribution in [1.29, 1.82) is 0 Å². The first-order valence-electron chi connectivity index (χ1n) is 8.75. The van der Waals surface area contributed by atoms with E-state index in [0.717, 1.165) is 12.0 Å². The van der Waals surface area contributed by atoms with Crippen molar-refractivity contribution in [2.45, 2.75) is 61.8 Å². The fourth-order valence-corrected chi connectivity index (χ4v) is 1.27. The summed E-state index contributed by atoms with van der Waals surface area (Å²) in [6, 6.07) is 0. The number of ketones is 1. The maximum atomic E-state index is 10.9. The van der Waals surface area contributed by atoms with Crippen LogP contribution in [-0.4, -0.2) is 37.5 Å². The van der Waals surface area contributed by atoms with Crippen LogP contribution in [-0.2, 0) is 14.4 Å². The molecular formula is C21H39N2O4+. The van der Waals surface area contributed by atoms with Crippen LogP contribution in [0.15, 0.2) is 41.3 Å². The van der Waals surface area contributed by atoms with Crippen LogP contribution < -0.4 is 0 Å². The summed E-state index contributed by atoms with van der Waals surface area (Å²) >= 11 is 0. The molecule has 0 aromatic heterocycles. The predicted molar refractivity (Wildman–Crippen MR) is 114 cm³/mol. The highest BCUT2D eigenvalue weighted by Gasteiger charge is 2.23. The van der Waals surface area contributed by atoms with Crippen LogP contribution in [0.25, 0.3) is 0 Å². The molecular weight excluding hydrogens is 344 g/mol. The smallest absolute Gasteiger partial charge is 0.297 e. The molecule has 0 fully saturated rings. The molecule has 0 unspecified atom stereocenters. The Morgan fingerprint density at radius 3 is 1.78 bits per heavy atom. The lowest BCUT2D eigenvalue weighted by atomic mass is 9.83. The zero-order chi connectivity index (χ0) is 22.2. The molecule has 0 N–H and O–H groups in total. The fraction of sp³-hybridized carbons (Fsp3) is 0.619. The van der Waals surface area contributed by atoms with E-state index in [1.165, 1.54) is 43.6 Å². The summed E-state index contributed by atoms with van der Waals surface area (Å²) in [4.78, 5) is 26.7. The number of Topliss-reactive ketones (excluding diaryl/α,β-unsaturated/α-hetero) is 1. The highest BCUT2D eigenvalue weighted by atomic mass is 16.7. The van der Waals surface area contributed by atoms with Gasteiger partial charge in [0.05, 0.1) is 13.7 Å². The average molecular weight is 384 g/mol. The average Bonchev–Trinajstić information content (AvgIpc) is 2.56. The van der Waals surface area contributed by atoms with E-state index in [2.05, 4.69) is 43.6 Å². The zero-order valence-corrected chi connectivity index (χ0v) is 18.9. The molecule has 156 valence electrons. The third kappa shape index (κ3) is 15.9. The minimum atomic E-state index is -0.333. The second-order valence-electron chi connectivity index (χ2n) is 6.77. The Kier molecular flexibility index (Phi) is 17.7. The Morgan fingerprint density at radius 2 is 1.63 bits per heavy atom. The minimum absolute atomic E-state index is 0.0518. The van der Waals surface area contributed by atoms with Crippen molar-refractivity contribution in [2.24, 2.45) is 10.6 Å². The van der Waals surface area contributed by atoms with Crippen LogP contribution in [0.4, 0.5) is 0 Å². The van der Waals surface area contributed by atoms with Crippen molar-refractivity contribution < 1.29 is 14.4 Å². The molecule has 0 saturated heterocycles. The van der Waals surface area contributed by atoms with E-state index < -0.39 is 0 Å². The molecule has 6 nitrogen and oxygen atoms in total. The Hall–Kier alpha value is -2.08. The summed E-state index contributed by atoms with van der Waals surface area (Å²) in [7, 11) is 2.99. The van der Waals surface area contributed by atoms with E-state index in [9.17, 15) is 9.59 Å². The van der Waals surface area contributed by atoms with E-state index in [0.29, 0.717) is 6.54 Å². The van der Waals surface area contributed by atoms with Gasteiger partial charge in [0, 0.05) is 12.3 Å². The SMILES string of the molecule is C=C(C)C(C)(C)C(C)=O.C=CN=[O+]C.CON(CCC(C)=C(C)C)C(C)=O. The summed E-state index contributed by atoms with van der Waals surface area (Å²) in [5, 5.41) is 4.60. The van der Waals surface area contributed by atoms with Crippen molar-refractivity contribution in [2.75, 3.05) is 20.8 Å². The highest BCUT2D eigenvalue weighted by molar-refractivity contribution is 5.84. The number of carbonyl (C=O) groups is 2. The third-order valence-electron chi connectivity index (χ3n) is 4.24. The molecule has 0 aromatic carbocycles. The molecule has 1 amide bonds. The molecule has 0 rings (SSSR count). The monoisotopic (exact) mass is 383 g/mol. The lowest BCUT2D eigenvalue weighted by Crippen LogP contribution is -2.28. The number of hydrogen-bond donors (Lipinski definition) is 0. The van der Waals surface area contributed by atoms with E-state index in [1.807, 2.05) is 20.8 Å². The number of rotatable bonds is 7. The quantitative estimate of drug-likeness (QED) is 0.336. The second kappa shape index (κ2) is 16.1. The van der Waals surface area contributed by atoms with Gasteiger partial charge in [0.2, 0.25) is 5.91 Å². The lowest BCUT2D eigenvalue weighted by molar-refractivity contribution is -0.173. The summed E-state index contributed by atoms with van der Waals surface area (Å²) in [6.07, 6.45) is 2.20. The van der Waals surface area contributed by atoms with Crippen LogP contribution in [0.5, 0.6) is 0 Å². The van der Waals surface area contributed by atoms with Gasteiger partial charge in [0.25, 0.3) is 7.11 Å². The van der Waals surface area contributed by atoms with Gasteiger partial charge >= 0.3 is 0 Å². The number of amides is 1. The number of allylic oxidation sites excluding steroid dienone is 2. The normalized spacial score (nSPS) is 10.0. The summed E-state index contributed by atoms with van der Waals surface area (Å²) < 4.78 is 4.20. The molecule has 0 aliphatic heterocycles. The molecule has 6 heteroatoms. The van der Waals surface area contributed by atoms with Crippen molar-refractivity contribution in [3.8, 4) is 0 Å². The number of carbonyl (C=O) groups excluding carboxylic acids is 2. The highest BCUT2D eigenvalue weighted by Crippen LogP contribution is 2.24. The fourth-order valence-electron chi connectivity index (χ4n) is 1.27. The van der Waals surface area contributed by atoms with Crippen molar-refractivity contribution in [3.05, 3.63) is 40.6 Å². The van der Waals surface area contributed by atoms with E-state index in [4.69, 9.17) is 4.84 Å². The topological polar surface area (TPSA) is 70.3 Å². The van der Waals surface area contributed by atoms with Gasteiger partial charge in [-0.3, -0.25) is 14.4 Å². The first-order chi connectivity index (χ1) is 12.3. The molecule has 0 heterocycles. The molecule has 0 radical (unpaired) electrons. The van der Waals surface area contributed by atoms with Gasteiger partial charge in [-0.15, -0.1) is 4.54 Å². The largest absolute Gasteiger partial charge is 0.299 e. The number of hydroxylamine groups is 2. The van der Waals surface area contributed by atoms with Crippen LogP contribution in [0.3, 0.4) is 0 Å². The van der Waals surface area contributed by atoms with Crippen molar-refractivity contribution in [3.63, 3.8) is 0 Å². The van der Waals surface area contributed by atoms with E-state index in [1.54, 1.807) is 6.92 Å². The van der Waals surface area contributed by atoms with Gasteiger partial charge in [-0.05, 0) is 54.9 Å². The Bertz CT molecular complexity index is 526. The van der Waals surface area contributed by atoms with Gasteiger partial charge in [0.15, 0.2) is 0 Å². The molecule has 0 aliphatic carbocycles. The molecule has 0 spiro atoms. The predicted octanol–water partition coefficient (Wildman–Crippen LogP) is 5.38. The summed E-state index contributed by atoms with van der Waals surface area (Å²) in [6.45, 7) is 22.6. The van der Waals surface area contributed by atoms with E-state index in [-0.39, 0.29) is 17.1 Å². The lowest BCUT2D eigenvalue weighted by Gasteiger charge is -2.20. The molecule has 0 atom stereocenters. The van der Waals surface area contributed by atoms with Crippen molar-refractivity contribution in [1.82, 2.24) is 5.06 Å². The third-order valence-corrected chi connectivity index (χ3v) is 4.24. The zero-order valence-electron chi connectivity index (χ0n) is 18.9. The Balaban J connectivity index is -0.000000356. The molecule has 0 aliphatic rings. The van der Waals surface area contributed by atoms with Gasteiger partial charge < -0.3 is 0 Å². The maximum absolute atomic E-state index is 10.9. The van der Waals surface area contributed by atoms with Gasteiger partial charge in [-0.2, -0.15) is 0 Å².